The highest BCUT2D eigenvalue weighted by Crippen LogP contribution is 2.31. The summed E-state index contributed by atoms with van der Waals surface area (Å²) >= 11 is 0. The van der Waals surface area contributed by atoms with Crippen LogP contribution in [-0.4, -0.2) is 56.7 Å². The van der Waals surface area contributed by atoms with E-state index in [1.54, 1.807) is 78.8 Å². The Morgan fingerprint density at radius 3 is 2.03 bits per heavy atom. The zero-order valence-electron chi connectivity index (χ0n) is 22.6. The molecule has 0 radical (unpaired) electrons. The smallest absolute Gasteiger partial charge is 0.408 e. The largest absolute Gasteiger partial charge is 0.508 e. The molecular weight excluding hydrogens is 474 g/mol. The van der Waals surface area contributed by atoms with E-state index in [4.69, 9.17) is 4.74 Å². The second-order valence-corrected chi connectivity index (χ2v) is 10.5. The van der Waals surface area contributed by atoms with Crippen molar-refractivity contribution < 1.29 is 29.3 Å². The quantitative estimate of drug-likeness (QED) is 0.401. The number of ether oxygens (including phenoxy) is 1. The summed E-state index contributed by atoms with van der Waals surface area (Å²) in [5.41, 5.74) is 0.161. The van der Waals surface area contributed by atoms with Gasteiger partial charge in [0.2, 0.25) is 11.8 Å². The summed E-state index contributed by atoms with van der Waals surface area (Å²) in [5.74, 6) is -1.04. The van der Waals surface area contributed by atoms with Crippen LogP contribution in [0.1, 0.15) is 65.6 Å². The van der Waals surface area contributed by atoms with Gasteiger partial charge in [-0.05, 0) is 72.2 Å². The molecule has 3 amide bonds. The first-order chi connectivity index (χ1) is 17.2. The van der Waals surface area contributed by atoms with E-state index in [0.29, 0.717) is 5.56 Å². The van der Waals surface area contributed by atoms with Crippen molar-refractivity contribution in [1.29, 1.82) is 0 Å². The van der Waals surface area contributed by atoms with Gasteiger partial charge in [-0.15, -0.1) is 0 Å². The van der Waals surface area contributed by atoms with Crippen LogP contribution in [0.25, 0.3) is 0 Å². The van der Waals surface area contributed by atoms with Crippen LogP contribution >= 0.6 is 0 Å². The van der Waals surface area contributed by atoms with E-state index >= 15 is 0 Å². The van der Waals surface area contributed by atoms with E-state index in [-0.39, 0.29) is 29.5 Å². The van der Waals surface area contributed by atoms with Crippen molar-refractivity contribution in [2.45, 2.75) is 84.7 Å². The lowest BCUT2D eigenvalue weighted by Crippen LogP contribution is -2.56. The van der Waals surface area contributed by atoms with Crippen LogP contribution in [0, 0.1) is 0 Å². The Morgan fingerprint density at radius 1 is 0.919 bits per heavy atom. The number of para-hydroxylation sites is 1. The standard InChI is InChI=1S/C28H39N3O6/c1-17(2)29-25(34)24(21-10-8-9-11-23(21)33)31(18(3)4)26(35)22(30-27(36)37-28(5,6)7)16-19-12-14-20(32)15-13-19/h8-15,17-18,22,24,32-33H,16H2,1-7H3,(H,29,34)(H,30,36). The van der Waals surface area contributed by atoms with Crippen LogP contribution in [0.4, 0.5) is 4.79 Å². The summed E-state index contributed by atoms with van der Waals surface area (Å²) in [6, 6.07) is 9.72. The zero-order chi connectivity index (χ0) is 27.9. The number of phenols is 2. The van der Waals surface area contributed by atoms with E-state index in [2.05, 4.69) is 10.6 Å². The summed E-state index contributed by atoms with van der Waals surface area (Å²) in [6.07, 6.45) is -0.694. The summed E-state index contributed by atoms with van der Waals surface area (Å²) in [6.45, 7) is 12.3. The van der Waals surface area contributed by atoms with E-state index < -0.39 is 41.6 Å². The Bertz CT molecular complexity index is 1080. The lowest BCUT2D eigenvalue weighted by molar-refractivity contribution is -0.144. The maximum absolute atomic E-state index is 14.1. The van der Waals surface area contributed by atoms with Crippen molar-refractivity contribution in [3.05, 3.63) is 59.7 Å². The van der Waals surface area contributed by atoms with Crippen molar-refractivity contribution in [2.75, 3.05) is 0 Å². The molecule has 0 aromatic heterocycles. The number of phenolic OH excluding ortho intramolecular Hbond substituents is 2. The van der Waals surface area contributed by atoms with Gasteiger partial charge in [-0.25, -0.2) is 4.79 Å². The highest BCUT2D eigenvalue weighted by molar-refractivity contribution is 5.93. The lowest BCUT2D eigenvalue weighted by Gasteiger charge is -2.37. The minimum absolute atomic E-state index is 0.0699. The summed E-state index contributed by atoms with van der Waals surface area (Å²) in [5, 5.41) is 25.8. The minimum Gasteiger partial charge on any atom is -0.508 e. The molecule has 9 heteroatoms. The number of aromatic hydroxyl groups is 2. The molecule has 0 aliphatic heterocycles. The molecule has 2 unspecified atom stereocenters. The molecule has 0 saturated heterocycles. The van der Waals surface area contributed by atoms with Crippen LogP contribution in [0.5, 0.6) is 11.5 Å². The second kappa shape index (κ2) is 12.5. The first-order valence-electron chi connectivity index (χ1n) is 12.4. The number of carbonyl (C=O) groups is 3. The fourth-order valence-corrected chi connectivity index (χ4v) is 3.88. The monoisotopic (exact) mass is 513 g/mol. The van der Waals surface area contributed by atoms with Crippen molar-refractivity contribution in [3.63, 3.8) is 0 Å². The SMILES string of the molecule is CC(C)NC(=O)C(c1ccccc1O)N(C(=O)C(Cc1ccc(O)cc1)NC(=O)OC(C)(C)C)C(C)C. The number of nitrogens with one attached hydrogen (secondary N) is 2. The number of hydrogen-bond donors (Lipinski definition) is 4. The molecule has 2 rings (SSSR count). The Hall–Kier alpha value is -3.75. The molecule has 2 aromatic rings. The van der Waals surface area contributed by atoms with Gasteiger partial charge in [-0.1, -0.05) is 30.3 Å². The third-order valence-electron chi connectivity index (χ3n) is 5.36. The van der Waals surface area contributed by atoms with Crippen molar-refractivity contribution in [2.24, 2.45) is 0 Å². The number of alkyl carbamates (subject to hydrolysis) is 1. The molecule has 0 aliphatic rings. The van der Waals surface area contributed by atoms with Crippen molar-refractivity contribution >= 4 is 17.9 Å². The third kappa shape index (κ3) is 8.70. The van der Waals surface area contributed by atoms with Gasteiger partial charge < -0.3 is 30.5 Å². The van der Waals surface area contributed by atoms with Gasteiger partial charge in [-0.3, -0.25) is 9.59 Å². The van der Waals surface area contributed by atoms with E-state index in [9.17, 15) is 24.6 Å². The second-order valence-electron chi connectivity index (χ2n) is 10.5. The van der Waals surface area contributed by atoms with Gasteiger partial charge in [0, 0.05) is 24.1 Å². The molecule has 0 spiro atoms. The predicted molar refractivity (Wildman–Crippen MR) is 141 cm³/mol. The topological polar surface area (TPSA) is 128 Å². The van der Waals surface area contributed by atoms with Crippen molar-refractivity contribution in [3.8, 4) is 11.5 Å². The number of amides is 3. The Morgan fingerprint density at radius 2 is 1.51 bits per heavy atom. The van der Waals surface area contributed by atoms with Gasteiger partial charge in [0.25, 0.3) is 0 Å². The van der Waals surface area contributed by atoms with Gasteiger partial charge in [0.05, 0.1) is 0 Å². The number of carbonyl (C=O) groups excluding carboxylic acids is 3. The maximum atomic E-state index is 14.1. The first-order valence-corrected chi connectivity index (χ1v) is 12.4. The predicted octanol–water partition coefficient (Wildman–Crippen LogP) is 4.04. The van der Waals surface area contributed by atoms with Gasteiger partial charge in [-0.2, -0.15) is 0 Å². The minimum atomic E-state index is -1.15. The highest BCUT2D eigenvalue weighted by Gasteiger charge is 2.39. The van der Waals surface area contributed by atoms with Crippen LogP contribution in [-0.2, 0) is 20.7 Å². The molecule has 0 fully saturated rings. The van der Waals surface area contributed by atoms with E-state index in [1.807, 2.05) is 0 Å². The van der Waals surface area contributed by atoms with Crippen LogP contribution < -0.4 is 10.6 Å². The van der Waals surface area contributed by atoms with Crippen molar-refractivity contribution in [1.82, 2.24) is 15.5 Å². The third-order valence-corrected chi connectivity index (χ3v) is 5.36. The molecule has 4 N–H and O–H groups in total. The number of hydrogen-bond acceptors (Lipinski definition) is 6. The first kappa shape index (κ1) is 29.5. The number of rotatable bonds is 9. The van der Waals surface area contributed by atoms with E-state index in [1.165, 1.54) is 23.1 Å². The molecule has 0 bridgehead atoms. The molecule has 0 aliphatic carbocycles. The Balaban J connectivity index is 2.55. The van der Waals surface area contributed by atoms with Gasteiger partial charge in [0.15, 0.2) is 0 Å². The molecule has 2 aromatic carbocycles. The zero-order valence-corrected chi connectivity index (χ0v) is 22.6. The fraction of sp³-hybridized carbons (Fsp3) is 0.464. The Labute approximate surface area is 218 Å². The molecule has 2 atom stereocenters. The Kier molecular flexibility index (Phi) is 9.94. The summed E-state index contributed by atoms with van der Waals surface area (Å²) < 4.78 is 5.40. The molecule has 9 nitrogen and oxygen atoms in total. The number of benzene rings is 2. The fourth-order valence-electron chi connectivity index (χ4n) is 3.88. The molecule has 37 heavy (non-hydrogen) atoms. The average Bonchev–Trinajstić information content (AvgIpc) is 2.76. The van der Waals surface area contributed by atoms with Gasteiger partial charge >= 0.3 is 6.09 Å². The van der Waals surface area contributed by atoms with Gasteiger partial charge in [0.1, 0.15) is 29.2 Å². The maximum Gasteiger partial charge on any atom is 0.408 e. The lowest BCUT2D eigenvalue weighted by atomic mass is 9.98. The van der Waals surface area contributed by atoms with Crippen LogP contribution in [0.3, 0.4) is 0 Å². The molecule has 202 valence electrons. The normalized spacial score (nSPS) is 13.1. The molecule has 0 saturated carbocycles. The van der Waals surface area contributed by atoms with Crippen LogP contribution in [0.2, 0.25) is 0 Å². The number of nitrogens with zero attached hydrogens (tertiary/aromatic N) is 1. The average molecular weight is 514 g/mol. The van der Waals surface area contributed by atoms with E-state index in [0.717, 1.165) is 0 Å². The molecule has 0 heterocycles. The summed E-state index contributed by atoms with van der Waals surface area (Å²) in [4.78, 5) is 41.6. The summed E-state index contributed by atoms with van der Waals surface area (Å²) in [7, 11) is 0. The highest BCUT2D eigenvalue weighted by atomic mass is 16.6. The molecular formula is C28H39N3O6. The van der Waals surface area contributed by atoms with Crippen LogP contribution in [0.15, 0.2) is 48.5 Å².